The largest absolute Gasteiger partial charge is 0.507 e. The van der Waals surface area contributed by atoms with Gasteiger partial charge < -0.3 is 20.1 Å². The van der Waals surface area contributed by atoms with Gasteiger partial charge in [-0.3, -0.25) is 4.79 Å². The molecule has 3 N–H and O–H groups in total. The van der Waals surface area contributed by atoms with Gasteiger partial charge in [-0.05, 0) is 6.07 Å². The number of aliphatic hydroxyl groups excluding tert-OH is 2. The number of phenolic OH excluding ortho intramolecular Hbond substituents is 1. The van der Waals surface area contributed by atoms with Gasteiger partial charge in [0.2, 0.25) is 0 Å². The molecule has 0 saturated carbocycles. The number of benzene rings is 1. The van der Waals surface area contributed by atoms with Crippen LogP contribution < -0.4 is 4.74 Å². The average Bonchev–Trinajstić information content (AvgIpc) is 2.24. The third-order valence-electron chi connectivity index (χ3n) is 2.71. The van der Waals surface area contributed by atoms with Gasteiger partial charge in [0.1, 0.15) is 17.6 Å². The molecule has 1 aliphatic rings. The van der Waals surface area contributed by atoms with Crippen molar-refractivity contribution in [3.05, 3.63) is 23.3 Å². The topological polar surface area (TPSA) is 87.0 Å². The third-order valence-corrected chi connectivity index (χ3v) is 2.71. The average molecular weight is 224 g/mol. The number of rotatable bonds is 1. The van der Waals surface area contributed by atoms with Crippen molar-refractivity contribution in [3.63, 3.8) is 0 Å². The molecule has 0 radical (unpaired) electrons. The molecule has 0 amide bonds. The molecule has 1 aliphatic carbocycles. The Bertz CT molecular complexity index is 440. The molecule has 0 saturated heterocycles. The SMILES string of the molecule is COc1cc(O)c2c(c1)[C@H](O)[C@H](O)CC2=O. The maximum absolute atomic E-state index is 11.6. The van der Waals surface area contributed by atoms with Crippen molar-refractivity contribution >= 4 is 5.78 Å². The van der Waals surface area contributed by atoms with Crippen LogP contribution in [-0.2, 0) is 0 Å². The summed E-state index contributed by atoms with van der Waals surface area (Å²) >= 11 is 0. The molecule has 0 aromatic heterocycles. The second-order valence-corrected chi connectivity index (χ2v) is 3.75. The number of aromatic hydroxyl groups is 1. The number of hydrogen-bond acceptors (Lipinski definition) is 5. The van der Waals surface area contributed by atoms with Crippen LogP contribution in [0.25, 0.3) is 0 Å². The Kier molecular flexibility index (Phi) is 2.57. The first-order valence-electron chi connectivity index (χ1n) is 4.85. The van der Waals surface area contributed by atoms with Crippen molar-refractivity contribution in [2.45, 2.75) is 18.6 Å². The minimum atomic E-state index is -1.17. The maximum Gasteiger partial charge on any atom is 0.169 e. The standard InChI is InChI=1S/C11H12O5/c1-16-5-2-6-10(7(12)3-5)8(13)4-9(14)11(6)15/h2-3,9,11-12,14-15H,4H2,1H3/t9-,11+/m1/s1. The van der Waals surface area contributed by atoms with Gasteiger partial charge in [-0.15, -0.1) is 0 Å². The van der Waals surface area contributed by atoms with Crippen molar-refractivity contribution in [3.8, 4) is 11.5 Å². The van der Waals surface area contributed by atoms with Gasteiger partial charge in [-0.2, -0.15) is 0 Å². The molecule has 2 rings (SSSR count). The Hall–Kier alpha value is -1.59. The predicted octanol–water partition coefficient (Wildman–Crippen LogP) is 0.381. The summed E-state index contributed by atoms with van der Waals surface area (Å²) in [5.41, 5.74) is 0.277. The van der Waals surface area contributed by atoms with E-state index in [2.05, 4.69) is 0 Å². The minimum absolute atomic E-state index is 0.0681. The monoisotopic (exact) mass is 224 g/mol. The van der Waals surface area contributed by atoms with Crippen molar-refractivity contribution in [1.82, 2.24) is 0 Å². The zero-order valence-corrected chi connectivity index (χ0v) is 8.67. The number of fused-ring (bicyclic) bond motifs is 1. The first kappa shape index (κ1) is 10.9. The lowest BCUT2D eigenvalue weighted by Crippen LogP contribution is -2.29. The highest BCUT2D eigenvalue weighted by molar-refractivity contribution is 6.01. The summed E-state index contributed by atoms with van der Waals surface area (Å²) in [4.78, 5) is 11.6. The molecular formula is C11H12O5. The summed E-state index contributed by atoms with van der Waals surface area (Å²) in [7, 11) is 1.41. The van der Waals surface area contributed by atoms with E-state index < -0.39 is 12.2 Å². The molecule has 0 bridgehead atoms. The highest BCUT2D eigenvalue weighted by Gasteiger charge is 2.34. The quantitative estimate of drug-likeness (QED) is 0.642. The van der Waals surface area contributed by atoms with Crippen LogP contribution in [0.3, 0.4) is 0 Å². The maximum atomic E-state index is 11.6. The Morgan fingerprint density at radius 1 is 1.38 bits per heavy atom. The Morgan fingerprint density at radius 3 is 2.69 bits per heavy atom. The molecule has 0 aliphatic heterocycles. The molecule has 1 aromatic carbocycles. The zero-order chi connectivity index (χ0) is 11.9. The number of ether oxygens (including phenoxy) is 1. The van der Waals surface area contributed by atoms with Crippen LogP contribution in [0.5, 0.6) is 11.5 Å². The van der Waals surface area contributed by atoms with Gasteiger partial charge in [0.25, 0.3) is 0 Å². The molecule has 1 aromatic rings. The van der Waals surface area contributed by atoms with Crippen LogP contribution in [0, 0.1) is 0 Å². The van der Waals surface area contributed by atoms with Crippen LogP contribution in [-0.4, -0.2) is 34.3 Å². The summed E-state index contributed by atoms with van der Waals surface area (Å²) in [6.45, 7) is 0. The number of aliphatic hydroxyl groups is 2. The molecule has 86 valence electrons. The summed E-state index contributed by atoms with van der Waals surface area (Å²) in [6, 6.07) is 2.75. The molecule has 0 unspecified atom stereocenters. The highest BCUT2D eigenvalue weighted by atomic mass is 16.5. The lowest BCUT2D eigenvalue weighted by Gasteiger charge is -2.26. The zero-order valence-electron chi connectivity index (χ0n) is 8.67. The molecule has 16 heavy (non-hydrogen) atoms. The predicted molar refractivity (Wildman–Crippen MR) is 54.6 cm³/mol. The summed E-state index contributed by atoms with van der Waals surface area (Å²) < 4.78 is 4.92. The van der Waals surface area contributed by atoms with Crippen LogP contribution in [0.4, 0.5) is 0 Å². The first-order chi connectivity index (χ1) is 7.54. The lowest BCUT2D eigenvalue weighted by atomic mass is 9.86. The fraction of sp³-hybridized carbons (Fsp3) is 0.364. The van der Waals surface area contributed by atoms with Crippen molar-refractivity contribution in [2.24, 2.45) is 0 Å². The summed E-state index contributed by atoms with van der Waals surface area (Å²) in [5.74, 6) is -0.282. The van der Waals surface area contributed by atoms with E-state index in [9.17, 15) is 20.1 Å². The fourth-order valence-electron chi connectivity index (χ4n) is 1.89. The Morgan fingerprint density at radius 2 is 2.06 bits per heavy atom. The molecular weight excluding hydrogens is 212 g/mol. The number of carbonyl (C=O) groups excluding carboxylic acids is 1. The molecule has 0 spiro atoms. The van der Waals surface area contributed by atoms with Crippen LogP contribution in [0.15, 0.2) is 12.1 Å². The lowest BCUT2D eigenvalue weighted by molar-refractivity contribution is 0.00833. The van der Waals surface area contributed by atoms with E-state index in [1.165, 1.54) is 19.2 Å². The Balaban J connectivity index is 2.62. The van der Waals surface area contributed by atoms with Crippen LogP contribution in [0.2, 0.25) is 0 Å². The Labute approximate surface area is 91.9 Å². The van der Waals surface area contributed by atoms with E-state index in [1.54, 1.807) is 0 Å². The van der Waals surface area contributed by atoms with Crippen molar-refractivity contribution in [2.75, 3.05) is 7.11 Å². The van der Waals surface area contributed by atoms with E-state index in [0.717, 1.165) is 0 Å². The second-order valence-electron chi connectivity index (χ2n) is 3.75. The van der Waals surface area contributed by atoms with Gasteiger partial charge in [0.15, 0.2) is 5.78 Å². The van der Waals surface area contributed by atoms with E-state index in [4.69, 9.17) is 4.74 Å². The van der Waals surface area contributed by atoms with Gasteiger partial charge >= 0.3 is 0 Å². The van der Waals surface area contributed by atoms with Gasteiger partial charge in [-0.25, -0.2) is 0 Å². The van der Waals surface area contributed by atoms with Crippen LogP contribution in [0.1, 0.15) is 28.4 Å². The number of Topliss-reactive ketones (excluding diaryl/α,β-unsaturated/α-hetero) is 1. The smallest absolute Gasteiger partial charge is 0.169 e. The number of hydrogen-bond donors (Lipinski definition) is 3. The van der Waals surface area contributed by atoms with Gasteiger partial charge in [0, 0.05) is 18.1 Å². The highest BCUT2D eigenvalue weighted by Crippen LogP contribution is 2.38. The first-order valence-corrected chi connectivity index (χ1v) is 4.85. The number of ketones is 1. The second kappa shape index (κ2) is 3.77. The normalized spacial score (nSPS) is 24.1. The fourth-order valence-corrected chi connectivity index (χ4v) is 1.89. The molecule has 0 heterocycles. The molecule has 0 fully saturated rings. The number of carbonyl (C=O) groups is 1. The summed E-state index contributed by atoms with van der Waals surface area (Å²) in [6.07, 6.45) is -2.49. The van der Waals surface area contributed by atoms with Crippen LogP contribution >= 0.6 is 0 Å². The van der Waals surface area contributed by atoms with E-state index in [0.29, 0.717) is 5.75 Å². The van der Waals surface area contributed by atoms with Crippen molar-refractivity contribution in [1.29, 1.82) is 0 Å². The van der Waals surface area contributed by atoms with Crippen molar-refractivity contribution < 1.29 is 24.9 Å². The van der Waals surface area contributed by atoms with E-state index in [-0.39, 0.29) is 29.1 Å². The molecule has 2 atom stereocenters. The van der Waals surface area contributed by atoms with Gasteiger partial charge in [-0.1, -0.05) is 0 Å². The molecule has 5 nitrogen and oxygen atoms in total. The number of phenols is 1. The number of methoxy groups -OCH3 is 1. The third kappa shape index (κ3) is 1.54. The van der Waals surface area contributed by atoms with Gasteiger partial charge in [0.05, 0.1) is 18.8 Å². The summed E-state index contributed by atoms with van der Waals surface area (Å²) in [5, 5.41) is 28.8. The minimum Gasteiger partial charge on any atom is -0.507 e. The van der Waals surface area contributed by atoms with E-state index in [1.807, 2.05) is 0 Å². The van der Waals surface area contributed by atoms with E-state index >= 15 is 0 Å². The molecule has 5 heteroatoms.